The molecule has 2 atom stereocenters. The first-order valence-corrected chi connectivity index (χ1v) is 10.8. The molecule has 0 radical (unpaired) electrons. The van der Waals surface area contributed by atoms with Crippen LogP contribution in [0.15, 0.2) is 66.9 Å². The number of nitrogens with zero attached hydrogens (tertiary/aromatic N) is 4. The zero-order valence-corrected chi connectivity index (χ0v) is 18.6. The molecule has 4 rings (SSSR count). The van der Waals surface area contributed by atoms with Gasteiger partial charge in [0.1, 0.15) is 0 Å². The fraction of sp³-hybridized carbons (Fsp3) is 0.333. The van der Waals surface area contributed by atoms with Crippen molar-refractivity contribution in [2.24, 2.45) is 0 Å². The molecule has 0 unspecified atom stereocenters. The van der Waals surface area contributed by atoms with Crippen LogP contribution in [0.5, 0.6) is 0 Å². The van der Waals surface area contributed by atoms with Crippen molar-refractivity contribution >= 4 is 17.3 Å². The predicted octanol–water partition coefficient (Wildman–Crippen LogP) is 4.10. The van der Waals surface area contributed by atoms with Crippen molar-refractivity contribution < 1.29 is 0 Å². The number of hydrogen-bond donors (Lipinski definition) is 1. The van der Waals surface area contributed by atoms with Crippen LogP contribution in [-0.2, 0) is 0 Å². The van der Waals surface area contributed by atoms with Crippen LogP contribution in [-0.4, -0.2) is 51.6 Å². The van der Waals surface area contributed by atoms with Crippen molar-refractivity contribution in [3.8, 4) is 5.69 Å². The van der Waals surface area contributed by atoms with Gasteiger partial charge in [0.2, 0.25) is 0 Å². The molecule has 1 aliphatic heterocycles. The summed E-state index contributed by atoms with van der Waals surface area (Å²) < 4.78 is 2.34. The third-order valence-electron chi connectivity index (χ3n) is 5.63. The lowest BCUT2D eigenvalue weighted by Gasteiger charge is -2.29. The monoisotopic (exact) mass is 419 g/mol. The molecule has 0 amide bonds. The second kappa shape index (κ2) is 8.98. The van der Waals surface area contributed by atoms with Gasteiger partial charge >= 0.3 is 0 Å². The quantitative estimate of drug-likeness (QED) is 0.584. The molecular formula is C24H29N5S. The number of aryl methyl sites for hydroxylation is 1. The van der Waals surface area contributed by atoms with Gasteiger partial charge in [-0.05, 0) is 82.6 Å². The summed E-state index contributed by atoms with van der Waals surface area (Å²) in [5.74, 6) is 0. The maximum absolute atomic E-state index is 5.80. The fourth-order valence-electron chi connectivity index (χ4n) is 4.24. The van der Waals surface area contributed by atoms with E-state index in [1.807, 2.05) is 18.3 Å². The standard InChI is InChI=1S/C24H29N5S/c1-18-13-14-21(29(18)19-10-5-4-6-11-19)23-22(20-12-7-8-15-25-20)26-24(30)28(23)17-9-16-27(2)3/h4-8,10-15,22-23H,9,16-17H2,1-3H3,(H,26,30)/t22-,23-/m0/s1. The predicted molar refractivity (Wildman–Crippen MR) is 126 cm³/mol. The summed E-state index contributed by atoms with van der Waals surface area (Å²) in [4.78, 5) is 9.21. The topological polar surface area (TPSA) is 36.3 Å². The maximum Gasteiger partial charge on any atom is 0.170 e. The third kappa shape index (κ3) is 4.11. The minimum atomic E-state index is 0.00909. The number of para-hydroxylation sites is 1. The Labute approximate surface area is 184 Å². The Balaban J connectivity index is 1.77. The summed E-state index contributed by atoms with van der Waals surface area (Å²) in [5, 5.41) is 4.36. The van der Waals surface area contributed by atoms with E-state index in [-0.39, 0.29) is 12.1 Å². The van der Waals surface area contributed by atoms with Crippen LogP contribution in [0.1, 0.15) is 35.6 Å². The first-order chi connectivity index (χ1) is 14.6. The first kappa shape index (κ1) is 20.6. The number of hydrogen-bond acceptors (Lipinski definition) is 3. The summed E-state index contributed by atoms with van der Waals surface area (Å²) in [6.45, 7) is 4.08. The molecule has 1 N–H and O–H groups in total. The smallest absolute Gasteiger partial charge is 0.170 e. The number of thiocarbonyl (C=S) groups is 1. The molecule has 3 aromatic rings. The summed E-state index contributed by atoms with van der Waals surface area (Å²) in [7, 11) is 4.22. The molecule has 1 aromatic carbocycles. The molecule has 0 bridgehead atoms. The lowest BCUT2D eigenvalue weighted by molar-refractivity contribution is 0.286. The van der Waals surface area contributed by atoms with E-state index < -0.39 is 0 Å². The highest BCUT2D eigenvalue weighted by Gasteiger charge is 2.41. The van der Waals surface area contributed by atoms with Gasteiger partial charge < -0.3 is 19.7 Å². The van der Waals surface area contributed by atoms with E-state index in [4.69, 9.17) is 12.2 Å². The molecule has 1 aliphatic rings. The number of benzene rings is 1. The number of rotatable bonds is 7. The van der Waals surface area contributed by atoms with Gasteiger partial charge in [0.25, 0.3) is 0 Å². The Morgan fingerprint density at radius 3 is 2.50 bits per heavy atom. The zero-order valence-electron chi connectivity index (χ0n) is 17.8. The lowest BCUT2D eigenvalue weighted by atomic mass is 10.0. The summed E-state index contributed by atoms with van der Waals surface area (Å²) >= 11 is 5.80. The van der Waals surface area contributed by atoms with Crippen molar-refractivity contribution in [1.29, 1.82) is 0 Å². The molecule has 6 heteroatoms. The van der Waals surface area contributed by atoms with Gasteiger partial charge in [0, 0.05) is 29.8 Å². The highest BCUT2D eigenvalue weighted by atomic mass is 32.1. The second-order valence-electron chi connectivity index (χ2n) is 8.05. The second-order valence-corrected chi connectivity index (χ2v) is 8.43. The van der Waals surface area contributed by atoms with Crippen molar-refractivity contribution in [2.75, 3.05) is 27.2 Å². The molecule has 1 saturated heterocycles. The SMILES string of the molecule is Cc1ccc([C@H]2[C@H](c3ccccn3)NC(=S)N2CCCN(C)C)n1-c1ccccc1. The van der Waals surface area contributed by atoms with E-state index in [1.54, 1.807) is 0 Å². The van der Waals surface area contributed by atoms with Crippen LogP contribution in [0.25, 0.3) is 5.69 Å². The van der Waals surface area contributed by atoms with E-state index >= 15 is 0 Å². The van der Waals surface area contributed by atoms with Crippen molar-refractivity contribution in [3.05, 3.63) is 83.9 Å². The Kier molecular flexibility index (Phi) is 6.16. The lowest BCUT2D eigenvalue weighted by Crippen LogP contribution is -2.33. The Bertz CT molecular complexity index is 983. The van der Waals surface area contributed by atoms with Crippen LogP contribution in [0, 0.1) is 6.92 Å². The maximum atomic E-state index is 5.80. The summed E-state index contributed by atoms with van der Waals surface area (Å²) in [5.41, 5.74) is 4.62. The average molecular weight is 420 g/mol. The minimum Gasteiger partial charge on any atom is -0.352 e. The Morgan fingerprint density at radius 1 is 1.03 bits per heavy atom. The number of aromatic nitrogens is 2. The van der Waals surface area contributed by atoms with Crippen LogP contribution in [0.4, 0.5) is 0 Å². The minimum absolute atomic E-state index is 0.00909. The van der Waals surface area contributed by atoms with Crippen LogP contribution in [0.3, 0.4) is 0 Å². The molecule has 0 aliphatic carbocycles. The average Bonchev–Trinajstić information content (AvgIpc) is 3.29. The van der Waals surface area contributed by atoms with Crippen LogP contribution < -0.4 is 5.32 Å². The summed E-state index contributed by atoms with van der Waals surface area (Å²) in [6, 6.07) is 21.1. The van der Waals surface area contributed by atoms with E-state index in [0.29, 0.717) is 0 Å². The fourth-order valence-corrected chi connectivity index (χ4v) is 4.58. The van der Waals surface area contributed by atoms with E-state index in [1.165, 1.54) is 17.1 Å². The van der Waals surface area contributed by atoms with E-state index in [0.717, 1.165) is 30.3 Å². The van der Waals surface area contributed by atoms with Crippen molar-refractivity contribution in [2.45, 2.75) is 25.4 Å². The molecule has 30 heavy (non-hydrogen) atoms. The number of nitrogens with one attached hydrogen (secondary N) is 1. The molecule has 5 nitrogen and oxygen atoms in total. The van der Waals surface area contributed by atoms with Crippen molar-refractivity contribution in [3.63, 3.8) is 0 Å². The van der Waals surface area contributed by atoms with Crippen molar-refractivity contribution in [1.82, 2.24) is 24.7 Å². The highest BCUT2D eigenvalue weighted by Crippen LogP contribution is 2.40. The van der Waals surface area contributed by atoms with E-state index in [2.05, 4.69) is 94.2 Å². The van der Waals surface area contributed by atoms with Gasteiger partial charge in [-0.3, -0.25) is 4.98 Å². The van der Waals surface area contributed by atoms with Gasteiger partial charge in [-0.2, -0.15) is 0 Å². The van der Waals surface area contributed by atoms with Crippen LogP contribution >= 0.6 is 12.2 Å². The normalized spacial score (nSPS) is 18.8. The highest BCUT2D eigenvalue weighted by molar-refractivity contribution is 7.80. The third-order valence-corrected chi connectivity index (χ3v) is 5.98. The molecule has 0 spiro atoms. The molecule has 0 saturated carbocycles. The number of pyridine rings is 1. The van der Waals surface area contributed by atoms with Gasteiger partial charge in [0.15, 0.2) is 5.11 Å². The van der Waals surface area contributed by atoms with Gasteiger partial charge in [-0.25, -0.2) is 0 Å². The zero-order chi connectivity index (χ0) is 21.1. The van der Waals surface area contributed by atoms with Gasteiger partial charge in [-0.15, -0.1) is 0 Å². The molecule has 156 valence electrons. The van der Waals surface area contributed by atoms with Crippen LogP contribution in [0.2, 0.25) is 0 Å². The largest absolute Gasteiger partial charge is 0.352 e. The Hall–Kier alpha value is -2.70. The molecule has 2 aromatic heterocycles. The van der Waals surface area contributed by atoms with Gasteiger partial charge in [-0.1, -0.05) is 24.3 Å². The Morgan fingerprint density at radius 2 is 1.80 bits per heavy atom. The van der Waals surface area contributed by atoms with E-state index in [9.17, 15) is 0 Å². The van der Waals surface area contributed by atoms with Gasteiger partial charge in [0.05, 0.1) is 17.8 Å². The molecule has 1 fully saturated rings. The molecule has 3 heterocycles. The molecular weight excluding hydrogens is 390 g/mol. The first-order valence-electron chi connectivity index (χ1n) is 10.4. The summed E-state index contributed by atoms with van der Waals surface area (Å²) in [6.07, 6.45) is 2.90.